The zero-order valence-electron chi connectivity index (χ0n) is 12.1. The summed E-state index contributed by atoms with van der Waals surface area (Å²) >= 11 is 1.60. The summed E-state index contributed by atoms with van der Waals surface area (Å²) in [4.78, 5) is 13.7. The Labute approximate surface area is 129 Å². The second kappa shape index (κ2) is 7.18. The lowest BCUT2D eigenvalue weighted by molar-refractivity contribution is 0.0526. The summed E-state index contributed by atoms with van der Waals surface area (Å²) in [6.45, 7) is 4.18. The van der Waals surface area contributed by atoms with Crippen molar-refractivity contribution in [2.45, 2.75) is 30.1 Å². The van der Waals surface area contributed by atoms with E-state index in [-0.39, 0.29) is 5.97 Å². The number of phenolic OH excluding ortho intramolecular Hbond substituents is 1. The molecule has 0 radical (unpaired) electrons. The smallest absolute Gasteiger partial charge is 0.338 e. The van der Waals surface area contributed by atoms with Gasteiger partial charge in [-0.2, -0.15) is 0 Å². The molecule has 21 heavy (non-hydrogen) atoms. The highest BCUT2D eigenvalue weighted by Crippen LogP contribution is 2.31. The fourth-order valence-electron chi connectivity index (χ4n) is 1.92. The second-order valence-corrected chi connectivity index (χ2v) is 5.64. The summed E-state index contributed by atoms with van der Waals surface area (Å²) in [5.41, 5.74) is 1.49. The zero-order valence-corrected chi connectivity index (χ0v) is 12.9. The second-order valence-electron chi connectivity index (χ2n) is 4.49. The van der Waals surface area contributed by atoms with Gasteiger partial charge in [-0.25, -0.2) is 4.79 Å². The normalized spacial score (nSPS) is 10.4. The van der Waals surface area contributed by atoms with Gasteiger partial charge in [-0.3, -0.25) is 0 Å². The maximum atomic E-state index is 11.6. The highest BCUT2D eigenvalue weighted by Gasteiger charge is 2.07. The molecule has 110 valence electrons. The van der Waals surface area contributed by atoms with Gasteiger partial charge in [0.1, 0.15) is 5.75 Å². The zero-order chi connectivity index (χ0) is 15.2. The van der Waals surface area contributed by atoms with Crippen LogP contribution in [0.5, 0.6) is 5.75 Å². The third-order valence-electron chi connectivity index (χ3n) is 3.03. The first-order valence-corrected chi connectivity index (χ1v) is 7.72. The maximum Gasteiger partial charge on any atom is 0.338 e. The van der Waals surface area contributed by atoms with Crippen LogP contribution in [0.4, 0.5) is 0 Å². The van der Waals surface area contributed by atoms with Crippen LogP contribution < -0.4 is 0 Å². The van der Waals surface area contributed by atoms with Crippen molar-refractivity contribution in [2.75, 3.05) is 6.61 Å². The Kier molecular flexibility index (Phi) is 5.28. The average Bonchev–Trinajstić information content (AvgIpc) is 2.50. The van der Waals surface area contributed by atoms with Crippen LogP contribution in [0.25, 0.3) is 0 Å². The first kappa shape index (κ1) is 15.4. The first-order chi connectivity index (χ1) is 10.1. The third kappa shape index (κ3) is 4.02. The quantitative estimate of drug-likeness (QED) is 0.837. The van der Waals surface area contributed by atoms with Crippen LogP contribution in [0.3, 0.4) is 0 Å². The van der Waals surface area contributed by atoms with Gasteiger partial charge in [0, 0.05) is 9.79 Å². The molecule has 0 aliphatic rings. The topological polar surface area (TPSA) is 46.5 Å². The summed E-state index contributed by atoms with van der Waals surface area (Å²) in [5, 5.41) is 9.69. The number of aromatic hydroxyl groups is 1. The van der Waals surface area contributed by atoms with Gasteiger partial charge in [0.05, 0.1) is 12.2 Å². The van der Waals surface area contributed by atoms with Crippen molar-refractivity contribution in [3.05, 3.63) is 53.6 Å². The van der Waals surface area contributed by atoms with Crippen LogP contribution in [0.1, 0.15) is 29.8 Å². The summed E-state index contributed by atoms with van der Waals surface area (Å²) < 4.78 is 4.96. The number of benzene rings is 2. The van der Waals surface area contributed by atoms with Crippen LogP contribution in [0, 0.1) is 0 Å². The highest BCUT2D eigenvalue weighted by molar-refractivity contribution is 7.99. The van der Waals surface area contributed by atoms with Crippen molar-refractivity contribution >= 4 is 17.7 Å². The van der Waals surface area contributed by atoms with Gasteiger partial charge >= 0.3 is 5.97 Å². The number of ether oxygens (including phenoxy) is 1. The summed E-state index contributed by atoms with van der Waals surface area (Å²) in [5.74, 6) is 0.0338. The van der Waals surface area contributed by atoms with E-state index >= 15 is 0 Å². The van der Waals surface area contributed by atoms with Gasteiger partial charge in [-0.1, -0.05) is 18.7 Å². The summed E-state index contributed by atoms with van der Waals surface area (Å²) in [6, 6.07) is 12.9. The summed E-state index contributed by atoms with van der Waals surface area (Å²) in [6.07, 6.45) is 0.794. The standard InChI is InChI=1S/C17H18O3S/c1-3-12-11-15(9-10-16(12)18)21-14-7-5-13(6-8-14)17(19)20-4-2/h5-11,18H,3-4H2,1-2H3. The lowest BCUT2D eigenvalue weighted by Crippen LogP contribution is -2.03. The lowest BCUT2D eigenvalue weighted by atomic mass is 10.1. The number of hydrogen-bond acceptors (Lipinski definition) is 4. The van der Waals surface area contributed by atoms with E-state index in [0.29, 0.717) is 17.9 Å². The van der Waals surface area contributed by atoms with Crippen molar-refractivity contribution in [1.82, 2.24) is 0 Å². The molecular formula is C17H18O3S. The van der Waals surface area contributed by atoms with E-state index in [4.69, 9.17) is 4.74 Å². The van der Waals surface area contributed by atoms with Crippen LogP contribution in [-0.4, -0.2) is 17.7 Å². The van der Waals surface area contributed by atoms with Gasteiger partial charge < -0.3 is 9.84 Å². The molecule has 0 amide bonds. The Bertz CT molecular complexity index is 620. The molecule has 2 rings (SSSR count). The summed E-state index contributed by atoms with van der Waals surface area (Å²) in [7, 11) is 0. The molecule has 0 bridgehead atoms. The van der Waals surface area contributed by atoms with E-state index in [2.05, 4.69) is 0 Å². The largest absolute Gasteiger partial charge is 0.508 e. The van der Waals surface area contributed by atoms with Crippen LogP contribution in [0.15, 0.2) is 52.3 Å². The van der Waals surface area contributed by atoms with E-state index in [1.165, 1.54) is 0 Å². The monoisotopic (exact) mass is 302 g/mol. The Morgan fingerprint density at radius 2 is 1.76 bits per heavy atom. The predicted molar refractivity (Wildman–Crippen MR) is 84.0 cm³/mol. The number of carbonyl (C=O) groups excluding carboxylic acids is 1. The molecule has 1 N–H and O–H groups in total. The van der Waals surface area contributed by atoms with Gasteiger partial charge in [0.25, 0.3) is 0 Å². The molecule has 2 aromatic carbocycles. The number of aryl methyl sites for hydroxylation is 1. The molecule has 2 aromatic rings. The van der Waals surface area contributed by atoms with E-state index < -0.39 is 0 Å². The van der Waals surface area contributed by atoms with Gasteiger partial charge in [-0.15, -0.1) is 0 Å². The van der Waals surface area contributed by atoms with Gasteiger partial charge in [0.2, 0.25) is 0 Å². The Morgan fingerprint density at radius 3 is 2.38 bits per heavy atom. The molecule has 4 heteroatoms. The van der Waals surface area contributed by atoms with Crippen LogP contribution in [-0.2, 0) is 11.2 Å². The maximum absolute atomic E-state index is 11.6. The van der Waals surface area contributed by atoms with Crippen LogP contribution >= 0.6 is 11.8 Å². The molecule has 0 atom stereocenters. The molecule has 3 nitrogen and oxygen atoms in total. The number of esters is 1. The minimum atomic E-state index is -0.299. The van der Waals surface area contributed by atoms with Crippen molar-refractivity contribution in [3.8, 4) is 5.75 Å². The van der Waals surface area contributed by atoms with E-state index in [1.807, 2.05) is 31.2 Å². The highest BCUT2D eigenvalue weighted by atomic mass is 32.2. The average molecular weight is 302 g/mol. The Morgan fingerprint density at radius 1 is 1.10 bits per heavy atom. The fourth-order valence-corrected chi connectivity index (χ4v) is 2.80. The molecule has 0 fully saturated rings. The molecule has 0 spiro atoms. The number of carbonyl (C=O) groups is 1. The fraction of sp³-hybridized carbons (Fsp3) is 0.235. The minimum Gasteiger partial charge on any atom is -0.508 e. The molecule has 0 saturated carbocycles. The van der Waals surface area contributed by atoms with E-state index in [1.54, 1.807) is 36.9 Å². The van der Waals surface area contributed by atoms with Crippen molar-refractivity contribution in [3.63, 3.8) is 0 Å². The SMILES string of the molecule is CCOC(=O)c1ccc(Sc2ccc(O)c(CC)c2)cc1. The number of phenols is 1. The number of hydrogen-bond donors (Lipinski definition) is 1. The number of rotatable bonds is 5. The first-order valence-electron chi connectivity index (χ1n) is 6.91. The molecule has 0 saturated heterocycles. The third-order valence-corrected chi connectivity index (χ3v) is 4.03. The molecule has 0 heterocycles. The van der Waals surface area contributed by atoms with E-state index in [9.17, 15) is 9.90 Å². The van der Waals surface area contributed by atoms with E-state index in [0.717, 1.165) is 21.8 Å². The Balaban J connectivity index is 2.11. The molecule has 0 aliphatic heterocycles. The molecule has 0 aliphatic carbocycles. The molecule has 0 unspecified atom stereocenters. The minimum absolute atomic E-state index is 0.299. The lowest BCUT2D eigenvalue weighted by Gasteiger charge is -2.07. The molecular weight excluding hydrogens is 284 g/mol. The van der Waals surface area contributed by atoms with Crippen molar-refractivity contribution < 1.29 is 14.6 Å². The van der Waals surface area contributed by atoms with Crippen molar-refractivity contribution in [1.29, 1.82) is 0 Å². The Hall–Kier alpha value is -1.94. The van der Waals surface area contributed by atoms with Gasteiger partial charge in [0.15, 0.2) is 0 Å². The molecule has 0 aromatic heterocycles. The van der Waals surface area contributed by atoms with Gasteiger partial charge in [-0.05, 0) is 61.4 Å². The predicted octanol–water partition coefficient (Wildman–Crippen LogP) is 4.28. The van der Waals surface area contributed by atoms with Crippen LogP contribution in [0.2, 0.25) is 0 Å². The van der Waals surface area contributed by atoms with Crippen molar-refractivity contribution in [2.24, 2.45) is 0 Å².